The van der Waals surface area contributed by atoms with E-state index in [4.69, 9.17) is 14.3 Å². The third-order valence-corrected chi connectivity index (χ3v) is 9.44. The van der Waals surface area contributed by atoms with Gasteiger partial charge in [0, 0.05) is 23.1 Å². The quantitative estimate of drug-likeness (QED) is 0.307. The molecule has 1 aliphatic heterocycles. The van der Waals surface area contributed by atoms with E-state index in [0.29, 0.717) is 34.6 Å². The molecule has 0 radical (unpaired) electrons. The molecule has 1 spiro atoms. The van der Waals surface area contributed by atoms with E-state index in [0.717, 1.165) is 44.4 Å². The van der Waals surface area contributed by atoms with Crippen molar-refractivity contribution in [3.8, 4) is 16.9 Å². The Morgan fingerprint density at radius 1 is 1.15 bits per heavy atom. The monoisotopic (exact) mass is 582 g/mol. The molecule has 2 aliphatic rings. The second-order valence-corrected chi connectivity index (χ2v) is 12.4. The number of anilines is 1. The van der Waals surface area contributed by atoms with Crippen LogP contribution in [0.3, 0.4) is 0 Å². The van der Waals surface area contributed by atoms with Crippen LogP contribution in [0, 0.1) is 19.7 Å². The van der Waals surface area contributed by atoms with E-state index in [2.05, 4.69) is 16.8 Å². The first-order valence-electron chi connectivity index (χ1n) is 13.9. The first-order valence-corrected chi connectivity index (χ1v) is 15.4. The lowest BCUT2D eigenvalue weighted by molar-refractivity contribution is -0.131. The van der Waals surface area contributed by atoms with Gasteiger partial charge in [-0.15, -0.1) is 0 Å². The Kier molecular flexibility index (Phi) is 7.91. The van der Waals surface area contributed by atoms with E-state index >= 15 is 4.39 Å². The molecule has 1 fully saturated rings. The molecule has 0 atom stereocenters. The third kappa shape index (κ3) is 5.47. The highest BCUT2D eigenvalue weighted by molar-refractivity contribution is 7.92. The minimum absolute atomic E-state index is 0.0461. The van der Waals surface area contributed by atoms with E-state index in [9.17, 15) is 13.2 Å². The smallest absolute Gasteiger partial charge is 0.263 e. The van der Waals surface area contributed by atoms with Crippen molar-refractivity contribution in [1.29, 1.82) is 0 Å². The number of nitrogens with one attached hydrogen (secondary N) is 1. The second kappa shape index (κ2) is 11.3. The molecule has 1 saturated carbocycles. The molecule has 11 heteroatoms. The summed E-state index contributed by atoms with van der Waals surface area (Å²) in [5.41, 5.74) is 0.806. The standard InChI is InChI=1S/C30H35FN4O5S/c1-5-6-9-27-32-30(14-7-8-15-30)29(36)35(27)18-22-11-10-21(16-25(22)31)24-17-23(39-4)12-13-26(24)41(37,38)34-28-19(2)20(3)40-33-28/h10-13,16-17H,5-9,14-15,18H2,1-4H3,(H,33,34). The van der Waals surface area contributed by atoms with Gasteiger partial charge in [0.05, 0.1) is 18.6 Å². The van der Waals surface area contributed by atoms with Gasteiger partial charge in [-0.2, -0.15) is 0 Å². The largest absolute Gasteiger partial charge is 0.497 e. The molecule has 1 aliphatic carbocycles. The summed E-state index contributed by atoms with van der Waals surface area (Å²) in [7, 11) is -2.65. The van der Waals surface area contributed by atoms with Gasteiger partial charge >= 0.3 is 0 Å². The molecule has 3 aromatic rings. The number of halogens is 1. The van der Waals surface area contributed by atoms with Crippen LogP contribution in [0.4, 0.5) is 10.2 Å². The average Bonchev–Trinajstić information content (AvgIpc) is 3.63. The maximum Gasteiger partial charge on any atom is 0.263 e. The molecule has 0 bridgehead atoms. The van der Waals surface area contributed by atoms with E-state index in [-0.39, 0.29) is 28.7 Å². The molecule has 5 rings (SSSR count). The van der Waals surface area contributed by atoms with Crippen molar-refractivity contribution < 1.29 is 26.9 Å². The first-order chi connectivity index (χ1) is 19.6. The Bertz CT molecular complexity index is 1610. The molecule has 1 aromatic heterocycles. The number of hydrogen-bond acceptors (Lipinski definition) is 7. The van der Waals surface area contributed by atoms with Crippen LogP contribution in [0.15, 0.2) is 50.8 Å². The maximum atomic E-state index is 15.7. The Labute approximate surface area is 239 Å². The number of carbonyl (C=O) groups excluding carboxylic acids is 1. The van der Waals surface area contributed by atoms with Gasteiger partial charge in [-0.05, 0) is 62.9 Å². The van der Waals surface area contributed by atoms with Crippen LogP contribution in [-0.4, -0.2) is 42.9 Å². The fourth-order valence-corrected chi connectivity index (χ4v) is 6.77. The molecule has 218 valence electrons. The molecule has 2 aromatic carbocycles. The van der Waals surface area contributed by atoms with Crippen molar-refractivity contribution in [2.24, 2.45) is 4.99 Å². The zero-order valence-electron chi connectivity index (χ0n) is 23.8. The summed E-state index contributed by atoms with van der Waals surface area (Å²) >= 11 is 0. The minimum atomic E-state index is -4.12. The van der Waals surface area contributed by atoms with Crippen LogP contribution in [0.5, 0.6) is 5.75 Å². The highest BCUT2D eigenvalue weighted by Gasteiger charge is 2.49. The molecule has 41 heavy (non-hydrogen) atoms. The highest BCUT2D eigenvalue weighted by Crippen LogP contribution is 2.40. The molecule has 1 N–H and O–H groups in total. The van der Waals surface area contributed by atoms with Gasteiger partial charge in [-0.1, -0.05) is 43.5 Å². The summed E-state index contributed by atoms with van der Waals surface area (Å²) in [4.78, 5) is 20.0. The molecular formula is C30H35FN4O5S. The molecule has 1 amide bonds. The Morgan fingerprint density at radius 2 is 1.90 bits per heavy atom. The summed E-state index contributed by atoms with van der Waals surface area (Å²) < 4.78 is 55.5. The number of aromatic nitrogens is 1. The normalized spacial score (nSPS) is 16.5. The number of benzene rings is 2. The number of amides is 1. The summed E-state index contributed by atoms with van der Waals surface area (Å²) in [5.74, 6) is 1.14. The number of ether oxygens (including phenoxy) is 1. The van der Waals surface area contributed by atoms with E-state index in [1.54, 1.807) is 36.9 Å². The minimum Gasteiger partial charge on any atom is -0.497 e. The molecule has 0 saturated heterocycles. The van der Waals surface area contributed by atoms with Crippen LogP contribution in [0.1, 0.15) is 68.8 Å². The first kappa shape index (κ1) is 28.8. The van der Waals surface area contributed by atoms with Crippen molar-refractivity contribution in [1.82, 2.24) is 10.1 Å². The lowest BCUT2D eigenvalue weighted by Crippen LogP contribution is -2.40. The van der Waals surface area contributed by atoms with Gasteiger partial charge in [0.25, 0.3) is 15.9 Å². The summed E-state index contributed by atoms with van der Waals surface area (Å²) in [6, 6.07) is 9.04. The molecule has 2 heterocycles. The Hall–Kier alpha value is -3.73. The van der Waals surface area contributed by atoms with Gasteiger partial charge in [-0.25, -0.2) is 12.8 Å². The Morgan fingerprint density at radius 3 is 2.54 bits per heavy atom. The van der Waals surface area contributed by atoms with E-state index in [1.807, 2.05) is 0 Å². The van der Waals surface area contributed by atoms with Crippen LogP contribution in [-0.2, 0) is 21.4 Å². The van der Waals surface area contributed by atoms with E-state index in [1.165, 1.54) is 25.3 Å². The number of nitrogens with zero attached hydrogens (tertiary/aromatic N) is 3. The lowest BCUT2D eigenvalue weighted by Gasteiger charge is -2.23. The van der Waals surface area contributed by atoms with Crippen molar-refractivity contribution in [3.63, 3.8) is 0 Å². The third-order valence-electron chi connectivity index (χ3n) is 8.04. The molecule has 0 unspecified atom stereocenters. The van der Waals surface area contributed by atoms with Crippen molar-refractivity contribution in [2.45, 2.75) is 82.7 Å². The van der Waals surface area contributed by atoms with Crippen LogP contribution in [0.25, 0.3) is 11.1 Å². The van der Waals surface area contributed by atoms with Gasteiger partial charge in [0.1, 0.15) is 28.7 Å². The fourth-order valence-electron chi connectivity index (χ4n) is 5.50. The van der Waals surface area contributed by atoms with Gasteiger partial charge in [0.15, 0.2) is 5.82 Å². The number of amidine groups is 1. The van der Waals surface area contributed by atoms with Gasteiger partial charge < -0.3 is 9.26 Å². The van der Waals surface area contributed by atoms with Crippen LogP contribution in [0.2, 0.25) is 0 Å². The molecular weight excluding hydrogens is 547 g/mol. The van der Waals surface area contributed by atoms with E-state index < -0.39 is 21.4 Å². The number of rotatable bonds is 10. The van der Waals surface area contributed by atoms with Gasteiger partial charge in [0.2, 0.25) is 0 Å². The highest BCUT2D eigenvalue weighted by atomic mass is 32.2. The number of hydrogen-bond donors (Lipinski definition) is 1. The topological polar surface area (TPSA) is 114 Å². The number of unbranched alkanes of at least 4 members (excludes halogenated alkanes) is 1. The van der Waals surface area contributed by atoms with Crippen LogP contribution >= 0.6 is 0 Å². The SMILES string of the molecule is CCCCC1=NC2(CCCC2)C(=O)N1Cc1ccc(-c2cc(OC)ccc2S(=O)(=O)Nc2noc(C)c2C)cc1F. The zero-order valence-corrected chi connectivity index (χ0v) is 24.6. The fraction of sp³-hybridized carbons (Fsp3) is 0.433. The summed E-state index contributed by atoms with van der Waals surface area (Å²) in [5, 5.41) is 3.80. The maximum absolute atomic E-state index is 15.7. The Balaban J connectivity index is 1.47. The number of aliphatic imine (C=N–C) groups is 1. The second-order valence-electron chi connectivity index (χ2n) is 10.7. The zero-order chi connectivity index (χ0) is 29.4. The lowest BCUT2D eigenvalue weighted by atomic mass is 9.98. The van der Waals surface area contributed by atoms with Gasteiger partial charge in [-0.3, -0.25) is 19.4 Å². The number of carbonyl (C=O) groups is 1. The van der Waals surface area contributed by atoms with Crippen molar-refractivity contribution in [3.05, 3.63) is 59.1 Å². The van der Waals surface area contributed by atoms with Crippen LogP contribution < -0.4 is 9.46 Å². The predicted molar refractivity (Wildman–Crippen MR) is 154 cm³/mol. The predicted octanol–water partition coefficient (Wildman–Crippen LogP) is 6.15. The summed E-state index contributed by atoms with van der Waals surface area (Å²) in [6.45, 7) is 5.54. The number of methoxy groups -OCH3 is 1. The van der Waals surface area contributed by atoms with Crippen molar-refractivity contribution in [2.75, 3.05) is 11.8 Å². The molecule has 9 nitrogen and oxygen atoms in total. The number of aryl methyl sites for hydroxylation is 1. The summed E-state index contributed by atoms with van der Waals surface area (Å²) in [6.07, 6.45) is 5.92. The average molecular weight is 583 g/mol. The van der Waals surface area contributed by atoms with Crippen molar-refractivity contribution >= 4 is 27.6 Å². The number of sulfonamides is 1.